The van der Waals surface area contributed by atoms with Crippen LogP contribution in [0.25, 0.3) is 0 Å². The van der Waals surface area contributed by atoms with Crippen LogP contribution in [0.15, 0.2) is 6.07 Å². The summed E-state index contributed by atoms with van der Waals surface area (Å²) in [6.07, 6.45) is 1.82. The fraction of sp³-hybridized carbons (Fsp3) is 0.500. The average molecular weight is 275 g/mol. The summed E-state index contributed by atoms with van der Waals surface area (Å²) in [5.74, 6) is 2.70. The highest BCUT2D eigenvalue weighted by molar-refractivity contribution is 5.49. The molecule has 0 radical (unpaired) electrons. The zero-order valence-corrected chi connectivity index (χ0v) is 12.4. The van der Waals surface area contributed by atoms with E-state index in [0.717, 1.165) is 42.3 Å². The predicted octanol–water partition coefficient (Wildman–Crippen LogP) is 2.99. The molecule has 0 aliphatic rings. The number of aryl methyl sites for hydroxylation is 2. The third-order valence-electron chi connectivity index (χ3n) is 2.85. The highest BCUT2D eigenvalue weighted by Gasteiger charge is 2.13. The maximum Gasteiger partial charge on any atom is 0.240 e. The molecule has 0 saturated carbocycles. The summed E-state index contributed by atoms with van der Waals surface area (Å²) in [5, 5.41) is 10.2. The minimum Gasteiger partial charge on any atom is -0.419 e. The number of hydrogen-bond donors (Lipinski definition) is 2. The Balaban J connectivity index is 2.33. The molecule has 0 bridgehead atoms. The SMILES string of the molecule is CCCc1nc(NCC)c(C)c(Oc2cc(C)[nH]n2)n1. The van der Waals surface area contributed by atoms with Crippen molar-refractivity contribution in [2.24, 2.45) is 0 Å². The van der Waals surface area contributed by atoms with Crippen LogP contribution >= 0.6 is 0 Å². The number of ether oxygens (including phenoxy) is 1. The minimum atomic E-state index is 0.522. The van der Waals surface area contributed by atoms with Gasteiger partial charge in [0.15, 0.2) is 0 Å². The lowest BCUT2D eigenvalue weighted by Crippen LogP contribution is -2.08. The van der Waals surface area contributed by atoms with Gasteiger partial charge in [-0.05, 0) is 27.2 Å². The van der Waals surface area contributed by atoms with E-state index in [-0.39, 0.29) is 0 Å². The van der Waals surface area contributed by atoms with Crippen LogP contribution in [0.4, 0.5) is 5.82 Å². The van der Waals surface area contributed by atoms with Crippen LogP contribution in [-0.4, -0.2) is 26.7 Å². The van der Waals surface area contributed by atoms with E-state index in [1.807, 2.05) is 26.8 Å². The number of nitrogens with one attached hydrogen (secondary N) is 2. The van der Waals surface area contributed by atoms with Gasteiger partial charge in [0.25, 0.3) is 0 Å². The summed E-state index contributed by atoms with van der Waals surface area (Å²) in [4.78, 5) is 9.01. The van der Waals surface area contributed by atoms with E-state index in [1.54, 1.807) is 0 Å². The van der Waals surface area contributed by atoms with Crippen molar-refractivity contribution in [1.29, 1.82) is 0 Å². The van der Waals surface area contributed by atoms with Crippen molar-refractivity contribution in [1.82, 2.24) is 20.2 Å². The molecule has 2 heterocycles. The zero-order valence-electron chi connectivity index (χ0n) is 12.4. The summed E-state index contributed by atoms with van der Waals surface area (Å²) in [5.41, 5.74) is 1.85. The molecule has 108 valence electrons. The highest BCUT2D eigenvalue weighted by Crippen LogP contribution is 2.26. The molecule has 0 aliphatic carbocycles. The number of H-pyrrole nitrogens is 1. The molecule has 0 aromatic carbocycles. The third kappa shape index (κ3) is 3.26. The molecule has 0 unspecified atom stereocenters. The van der Waals surface area contributed by atoms with Crippen LogP contribution in [0.2, 0.25) is 0 Å². The van der Waals surface area contributed by atoms with Gasteiger partial charge in [0, 0.05) is 24.7 Å². The van der Waals surface area contributed by atoms with Gasteiger partial charge in [-0.1, -0.05) is 6.92 Å². The summed E-state index contributed by atoms with van der Waals surface area (Å²) in [7, 11) is 0. The lowest BCUT2D eigenvalue weighted by Gasteiger charge is -2.12. The lowest BCUT2D eigenvalue weighted by molar-refractivity contribution is 0.436. The first-order valence-corrected chi connectivity index (χ1v) is 6.95. The van der Waals surface area contributed by atoms with Crippen molar-refractivity contribution in [3.05, 3.63) is 23.1 Å². The van der Waals surface area contributed by atoms with Gasteiger partial charge in [0.1, 0.15) is 11.6 Å². The zero-order chi connectivity index (χ0) is 14.5. The Hall–Kier alpha value is -2.11. The molecule has 0 spiro atoms. The van der Waals surface area contributed by atoms with Crippen LogP contribution < -0.4 is 10.1 Å². The Morgan fingerprint density at radius 2 is 2.05 bits per heavy atom. The molecule has 0 aliphatic heterocycles. The van der Waals surface area contributed by atoms with Crippen LogP contribution in [0, 0.1) is 13.8 Å². The van der Waals surface area contributed by atoms with E-state index in [9.17, 15) is 0 Å². The van der Waals surface area contributed by atoms with Gasteiger partial charge in [-0.15, -0.1) is 5.10 Å². The Morgan fingerprint density at radius 3 is 2.65 bits per heavy atom. The maximum atomic E-state index is 5.77. The molecule has 0 saturated heterocycles. The average Bonchev–Trinajstić information content (AvgIpc) is 2.81. The molecule has 20 heavy (non-hydrogen) atoms. The number of aromatic amines is 1. The first-order valence-electron chi connectivity index (χ1n) is 6.95. The number of aromatic nitrogens is 4. The standard InChI is InChI=1S/C14H21N5O/c1-5-7-11-16-13(15-6-2)10(4)14(17-11)20-12-8-9(3)18-19-12/h8H,5-7H2,1-4H3,(H,18,19)(H,15,16,17). The van der Waals surface area contributed by atoms with Crippen molar-refractivity contribution in [2.45, 2.75) is 40.5 Å². The summed E-state index contributed by atoms with van der Waals surface area (Å²) < 4.78 is 5.77. The van der Waals surface area contributed by atoms with Crippen LogP contribution in [0.5, 0.6) is 11.8 Å². The van der Waals surface area contributed by atoms with Gasteiger partial charge in [0.05, 0.1) is 5.56 Å². The normalized spacial score (nSPS) is 10.6. The van der Waals surface area contributed by atoms with Crippen LogP contribution in [-0.2, 0) is 6.42 Å². The van der Waals surface area contributed by atoms with Crippen molar-refractivity contribution in [2.75, 3.05) is 11.9 Å². The number of nitrogens with zero attached hydrogens (tertiary/aromatic N) is 3. The van der Waals surface area contributed by atoms with Gasteiger partial charge in [0.2, 0.25) is 11.8 Å². The molecule has 2 aromatic heterocycles. The second kappa shape index (κ2) is 6.36. The molecule has 0 amide bonds. The second-order valence-electron chi connectivity index (χ2n) is 4.69. The Labute approximate surface area is 119 Å². The largest absolute Gasteiger partial charge is 0.419 e. The quantitative estimate of drug-likeness (QED) is 0.847. The first-order chi connectivity index (χ1) is 9.63. The summed E-state index contributed by atoms with van der Waals surface area (Å²) >= 11 is 0. The molecule has 2 aromatic rings. The van der Waals surface area contributed by atoms with Gasteiger partial charge < -0.3 is 10.1 Å². The van der Waals surface area contributed by atoms with Crippen molar-refractivity contribution >= 4 is 5.82 Å². The fourth-order valence-electron chi connectivity index (χ4n) is 1.86. The smallest absolute Gasteiger partial charge is 0.240 e. The second-order valence-corrected chi connectivity index (χ2v) is 4.69. The maximum absolute atomic E-state index is 5.77. The Kier molecular flexibility index (Phi) is 4.55. The Morgan fingerprint density at radius 1 is 1.25 bits per heavy atom. The van der Waals surface area contributed by atoms with Gasteiger partial charge in [-0.2, -0.15) is 4.98 Å². The number of anilines is 1. The van der Waals surface area contributed by atoms with Crippen LogP contribution in [0.1, 0.15) is 37.4 Å². The van der Waals surface area contributed by atoms with Crippen LogP contribution in [0.3, 0.4) is 0 Å². The fourth-order valence-corrected chi connectivity index (χ4v) is 1.86. The highest BCUT2D eigenvalue weighted by atomic mass is 16.5. The number of rotatable bonds is 6. The van der Waals surface area contributed by atoms with Gasteiger partial charge in [-0.3, -0.25) is 5.10 Å². The summed E-state index contributed by atoms with van der Waals surface area (Å²) in [6, 6.07) is 1.84. The number of hydrogen-bond acceptors (Lipinski definition) is 5. The van der Waals surface area contributed by atoms with E-state index in [2.05, 4.69) is 32.4 Å². The molecular formula is C14H21N5O. The molecule has 0 atom stereocenters. The van der Waals surface area contributed by atoms with E-state index in [1.165, 1.54) is 0 Å². The Bertz CT molecular complexity index is 579. The van der Waals surface area contributed by atoms with E-state index in [4.69, 9.17) is 4.74 Å². The first kappa shape index (κ1) is 14.3. The molecule has 6 nitrogen and oxygen atoms in total. The molecule has 0 fully saturated rings. The van der Waals surface area contributed by atoms with Gasteiger partial charge >= 0.3 is 0 Å². The van der Waals surface area contributed by atoms with Crippen molar-refractivity contribution in [3.63, 3.8) is 0 Å². The molecule has 2 N–H and O–H groups in total. The van der Waals surface area contributed by atoms with Crippen molar-refractivity contribution < 1.29 is 4.74 Å². The van der Waals surface area contributed by atoms with E-state index >= 15 is 0 Å². The molecular weight excluding hydrogens is 254 g/mol. The predicted molar refractivity (Wildman–Crippen MR) is 78.3 cm³/mol. The molecule has 2 rings (SSSR count). The third-order valence-corrected chi connectivity index (χ3v) is 2.85. The van der Waals surface area contributed by atoms with E-state index < -0.39 is 0 Å². The monoisotopic (exact) mass is 275 g/mol. The topological polar surface area (TPSA) is 75.7 Å². The molecule has 6 heteroatoms. The summed E-state index contributed by atoms with van der Waals surface area (Å²) in [6.45, 7) is 8.83. The van der Waals surface area contributed by atoms with Crippen molar-refractivity contribution in [3.8, 4) is 11.8 Å². The lowest BCUT2D eigenvalue weighted by atomic mass is 10.2. The van der Waals surface area contributed by atoms with E-state index in [0.29, 0.717) is 11.8 Å². The van der Waals surface area contributed by atoms with Gasteiger partial charge in [-0.25, -0.2) is 4.98 Å². The minimum absolute atomic E-state index is 0.522.